The van der Waals surface area contributed by atoms with Gasteiger partial charge in [0.05, 0.1) is 11.3 Å². The van der Waals surface area contributed by atoms with Crippen molar-refractivity contribution in [2.45, 2.75) is 40.7 Å². The summed E-state index contributed by atoms with van der Waals surface area (Å²) in [4.78, 5) is 50.8. The SMILES string of the molecule is CC(=O)Nc1cccc(C(=O)OC(C)C(=O)c2[nH]c(C)c(C(C)=O)c2C)c1. The van der Waals surface area contributed by atoms with Crippen LogP contribution in [0.5, 0.6) is 0 Å². The summed E-state index contributed by atoms with van der Waals surface area (Å²) in [5, 5.41) is 2.58. The van der Waals surface area contributed by atoms with Gasteiger partial charge >= 0.3 is 5.97 Å². The van der Waals surface area contributed by atoms with E-state index in [4.69, 9.17) is 4.74 Å². The summed E-state index contributed by atoms with van der Waals surface area (Å²) in [6.07, 6.45) is -1.04. The van der Waals surface area contributed by atoms with Crippen molar-refractivity contribution in [3.63, 3.8) is 0 Å². The molecule has 1 heterocycles. The van der Waals surface area contributed by atoms with Crippen LogP contribution in [0.2, 0.25) is 0 Å². The minimum atomic E-state index is -1.04. The Morgan fingerprint density at radius 1 is 1.11 bits per heavy atom. The molecule has 1 amide bonds. The number of nitrogens with one attached hydrogen (secondary N) is 2. The fraction of sp³-hybridized carbons (Fsp3) is 0.300. The van der Waals surface area contributed by atoms with Gasteiger partial charge in [0.15, 0.2) is 11.9 Å². The Kier molecular flexibility index (Phi) is 5.95. The lowest BCUT2D eigenvalue weighted by Crippen LogP contribution is -2.25. The molecule has 0 bridgehead atoms. The lowest BCUT2D eigenvalue weighted by molar-refractivity contribution is -0.114. The van der Waals surface area contributed by atoms with Crippen LogP contribution in [-0.2, 0) is 9.53 Å². The van der Waals surface area contributed by atoms with Crippen LogP contribution in [0.4, 0.5) is 5.69 Å². The summed E-state index contributed by atoms with van der Waals surface area (Å²) in [5.41, 5.74) is 2.54. The number of ether oxygens (including phenoxy) is 1. The van der Waals surface area contributed by atoms with Crippen molar-refractivity contribution in [3.05, 3.63) is 52.3 Å². The smallest absolute Gasteiger partial charge is 0.338 e. The standard InChI is InChI=1S/C20H22N2O5/c1-10-17(12(3)23)11(2)21-18(10)19(25)13(4)27-20(26)15-7-6-8-16(9-15)22-14(5)24/h6-9,13,21H,1-5H3,(H,22,24). The first kappa shape index (κ1) is 20.1. The number of hydrogen-bond donors (Lipinski definition) is 2. The van der Waals surface area contributed by atoms with Crippen molar-refractivity contribution < 1.29 is 23.9 Å². The highest BCUT2D eigenvalue weighted by Crippen LogP contribution is 2.21. The summed E-state index contributed by atoms with van der Waals surface area (Å²) in [6, 6.07) is 6.24. The maximum atomic E-state index is 12.7. The molecule has 2 aromatic rings. The Morgan fingerprint density at radius 3 is 2.33 bits per heavy atom. The predicted molar refractivity (Wildman–Crippen MR) is 100 cm³/mol. The average molecular weight is 370 g/mol. The van der Waals surface area contributed by atoms with E-state index in [0.29, 0.717) is 22.5 Å². The van der Waals surface area contributed by atoms with E-state index in [0.717, 1.165) is 0 Å². The number of carbonyl (C=O) groups is 4. The molecule has 0 spiro atoms. The molecule has 142 valence electrons. The third-order valence-corrected chi connectivity index (χ3v) is 4.11. The number of aromatic nitrogens is 1. The number of esters is 1. The Morgan fingerprint density at radius 2 is 1.78 bits per heavy atom. The molecule has 7 heteroatoms. The number of Topliss-reactive ketones (excluding diaryl/α,β-unsaturated/α-hetero) is 2. The van der Waals surface area contributed by atoms with Gasteiger partial charge in [-0.05, 0) is 51.5 Å². The lowest BCUT2D eigenvalue weighted by Gasteiger charge is -2.13. The number of hydrogen-bond acceptors (Lipinski definition) is 5. The third kappa shape index (κ3) is 4.49. The van der Waals surface area contributed by atoms with Crippen molar-refractivity contribution in [2.24, 2.45) is 0 Å². The van der Waals surface area contributed by atoms with Gasteiger partial charge in [0.25, 0.3) is 0 Å². The van der Waals surface area contributed by atoms with Crippen molar-refractivity contribution >= 4 is 29.1 Å². The first-order chi connectivity index (χ1) is 12.6. The molecular formula is C20H22N2O5. The van der Waals surface area contributed by atoms with Crippen LogP contribution in [0.15, 0.2) is 24.3 Å². The molecule has 27 heavy (non-hydrogen) atoms. The molecule has 2 rings (SSSR count). The van der Waals surface area contributed by atoms with E-state index < -0.39 is 17.9 Å². The van der Waals surface area contributed by atoms with Crippen LogP contribution in [0.1, 0.15) is 63.2 Å². The second kappa shape index (κ2) is 7.99. The number of ketones is 2. The molecule has 0 fully saturated rings. The second-order valence-electron chi connectivity index (χ2n) is 6.35. The van der Waals surface area contributed by atoms with Gasteiger partial charge in [-0.1, -0.05) is 6.07 Å². The number of carbonyl (C=O) groups excluding carboxylic acids is 4. The highest BCUT2D eigenvalue weighted by molar-refractivity contribution is 6.05. The molecule has 0 saturated carbocycles. The van der Waals surface area contributed by atoms with Crippen LogP contribution in [0, 0.1) is 13.8 Å². The van der Waals surface area contributed by atoms with Gasteiger partial charge in [0.1, 0.15) is 0 Å². The van der Waals surface area contributed by atoms with E-state index in [1.165, 1.54) is 32.9 Å². The van der Waals surface area contributed by atoms with Crippen molar-refractivity contribution in [2.75, 3.05) is 5.32 Å². The van der Waals surface area contributed by atoms with Crippen LogP contribution < -0.4 is 5.32 Å². The van der Waals surface area contributed by atoms with Gasteiger partial charge in [0, 0.05) is 23.9 Å². The highest BCUT2D eigenvalue weighted by Gasteiger charge is 2.26. The lowest BCUT2D eigenvalue weighted by atomic mass is 10.0. The Hall–Kier alpha value is -3.22. The monoisotopic (exact) mass is 370 g/mol. The van der Waals surface area contributed by atoms with E-state index in [1.807, 2.05) is 0 Å². The fourth-order valence-corrected chi connectivity index (χ4v) is 2.94. The largest absolute Gasteiger partial charge is 0.451 e. The first-order valence-corrected chi connectivity index (χ1v) is 8.44. The molecule has 0 aliphatic carbocycles. The van der Waals surface area contributed by atoms with E-state index in [9.17, 15) is 19.2 Å². The minimum absolute atomic E-state index is 0.139. The predicted octanol–water partition coefficient (Wildman–Crippen LogP) is 3.22. The van der Waals surface area contributed by atoms with Crippen LogP contribution in [0.25, 0.3) is 0 Å². The molecular weight excluding hydrogens is 348 g/mol. The third-order valence-electron chi connectivity index (χ3n) is 4.11. The van der Waals surface area contributed by atoms with E-state index in [-0.39, 0.29) is 22.9 Å². The summed E-state index contributed by atoms with van der Waals surface area (Å²) >= 11 is 0. The molecule has 0 aliphatic rings. The molecule has 1 unspecified atom stereocenters. The summed E-state index contributed by atoms with van der Waals surface area (Å²) in [5.74, 6) is -1.51. The average Bonchev–Trinajstić information content (AvgIpc) is 2.88. The van der Waals surface area contributed by atoms with E-state index in [2.05, 4.69) is 10.3 Å². The van der Waals surface area contributed by atoms with Crippen LogP contribution in [0.3, 0.4) is 0 Å². The number of rotatable bonds is 6. The van der Waals surface area contributed by atoms with Gasteiger partial charge in [-0.15, -0.1) is 0 Å². The molecule has 1 atom stereocenters. The molecule has 0 saturated heterocycles. The van der Waals surface area contributed by atoms with E-state index >= 15 is 0 Å². The van der Waals surface area contributed by atoms with Gasteiger partial charge in [-0.2, -0.15) is 0 Å². The summed E-state index contributed by atoms with van der Waals surface area (Å²) in [7, 11) is 0. The maximum Gasteiger partial charge on any atom is 0.338 e. The Balaban J connectivity index is 2.17. The number of aryl methyl sites for hydroxylation is 1. The van der Waals surface area contributed by atoms with Crippen molar-refractivity contribution in [1.82, 2.24) is 4.98 Å². The molecule has 1 aromatic carbocycles. The molecule has 1 aromatic heterocycles. The summed E-state index contributed by atoms with van der Waals surface area (Å²) in [6.45, 7) is 7.66. The van der Waals surface area contributed by atoms with Gasteiger partial charge < -0.3 is 15.0 Å². The zero-order valence-corrected chi connectivity index (χ0v) is 15.9. The van der Waals surface area contributed by atoms with Crippen molar-refractivity contribution in [3.8, 4) is 0 Å². The normalized spacial score (nSPS) is 11.6. The minimum Gasteiger partial charge on any atom is -0.451 e. The van der Waals surface area contributed by atoms with Crippen molar-refractivity contribution in [1.29, 1.82) is 0 Å². The van der Waals surface area contributed by atoms with Crippen LogP contribution >= 0.6 is 0 Å². The topological polar surface area (TPSA) is 105 Å². The number of anilines is 1. The molecule has 0 radical (unpaired) electrons. The maximum absolute atomic E-state index is 12.7. The molecule has 2 N–H and O–H groups in total. The summed E-state index contributed by atoms with van der Waals surface area (Å²) < 4.78 is 5.27. The fourth-order valence-electron chi connectivity index (χ4n) is 2.94. The number of benzene rings is 1. The van der Waals surface area contributed by atoms with Gasteiger partial charge in [-0.25, -0.2) is 4.79 Å². The second-order valence-corrected chi connectivity index (χ2v) is 6.35. The van der Waals surface area contributed by atoms with Crippen LogP contribution in [-0.4, -0.2) is 34.5 Å². The van der Waals surface area contributed by atoms with Gasteiger partial charge in [-0.3, -0.25) is 14.4 Å². The molecule has 0 aliphatic heterocycles. The zero-order valence-electron chi connectivity index (χ0n) is 15.9. The number of amides is 1. The van der Waals surface area contributed by atoms with E-state index in [1.54, 1.807) is 26.0 Å². The number of aromatic amines is 1. The quantitative estimate of drug-likeness (QED) is 0.600. The first-order valence-electron chi connectivity index (χ1n) is 8.44. The Bertz CT molecular complexity index is 926. The molecule has 7 nitrogen and oxygen atoms in total. The van der Waals surface area contributed by atoms with Gasteiger partial charge in [0.2, 0.25) is 11.7 Å². The zero-order chi connectivity index (χ0) is 20.3. The highest BCUT2D eigenvalue weighted by atomic mass is 16.5. The Labute approximate surface area is 157 Å². The number of H-pyrrole nitrogens is 1.